The van der Waals surface area contributed by atoms with E-state index in [2.05, 4.69) is 4.74 Å². The van der Waals surface area contributed by atoms with Crippen LogP contribution < -0.4 is 10.5 Å². The number of fused-ring (bicyclic) bond motifs is 1. The Labute approximate surface area is 123 Å². The number of hydrogen-bond acceptors (Lipinski definition) is 6. The first-order valence-electron chi connectivity index (χ1n) is 6.44. The molecule has 0 amide bonds. The molecule has 0 bridgehead atoms. The Morgan fingerprint density at radius 3 is 2.86 bits per heavy atom. The third-order valence-electron chi connectivity index (χ3n) is 3.26. The molecule has 1 aromatic rings. The second-order valence-electron chi connectivity index (χ2n) is 4.80. The number of carbonyl (C=O) groups is 1. The first-order chi connectivity index (χ1) is 9.86. The molecule has 0 unspecified atom stereocenters. The van der Waals surface area contributed by atoms with Gasteiger partial charge in [-0.25, -0.2) is 8.42 Å². The minimum atomic E-state index is -3.88. The number of nitrogens with zero attached hydrogens (tertiary/aromatic N) is 1. The molecule has 0 aromatic heterocycles. The number of methoxy groups -OCH3 is 1. The summed E-state index contributed by atoms with van der Waals surface area (Å²) in [6.07, 6.45) is 1.53. The highest BCUT2D eigenvalue weighted by atomic mass is 32.2. The van der Waals surface area contributed by atoms with Crippen molar-refractivity contribution in [3.8, 4) is 5.75 Å². The predicted molar refractivity (Wildman–Crippen MR) is 76.5 cm³/mol. The molecule has 1 aliphatic rings. The molecule has 0 saturated heterocycles. The third kappa shape index (κ3) is 3.11. The topological polar surface area (TPSA) is 98.9 Å². The number of esters is 1. The summed E-state index contributed by atoms with van der Waals surface area (Å²) in [5, 5.41) is 0. The summed E-state index contributed by atoms with van der Waals surface area (Å²) in [4.78, 5) is 11.3. The van der Waals surface area contributed by atoms with Crippen molar-refractivity contribution in [2.75, 3.05) is 33.0 Å². The fourth-order valence-corrected chi connectivity index (χ4v) is 3.48. The molecule has 0 aliphatic carbocycles. The van der Waals surface area contributed by atoms with Crippen LogP contribution in [0.25, 0.3) is 0 Å². The van der Waals surface area contributed by atoms with E-state index >= 15 is 0 Å². The number of sulfonamides is 1. The summed E-state index contributed by atoms with van der Waals surface area (Å²) in [5.41, 5.74) is 6.90. The zero-order chi connectivity index (χ0) is 15.6. The molecule has 1 aliphatic heterocycles. The van der Waals surface area contributed by atoms with Crippen molar-refractivity contribution in [3.63, 3.8) is 0 Å². The lowest BCUT2D eigenvalue weighted by Crippen LogP contribution is -2.33. The van der Waals surface area contributed by atoms with Crippen LogP contribution in [0.4, 0.5) is 5.69 Å². The van der Waals surface area contributed by atoms with E-state index in [-0.39, 0.29) is 11.4 Å². The molecule has 1 heterocycles. The van der Waals surface area contributed by atoms with Gasteiger partial charge in [0.1, 0.15) is 17.2 Å². The Kier molecular flexibility index (Phi) is 4.38. The van der Waals surface area contributed by atoms with E-state index in [1.54, 1.807) is 6.07 Å². The molecule has 0 fully saturated rings. The van der Waals surface area contributed by atoms with Crippen LogP contribution in [0.1, 0.15) is 12.0 Å². The van der Waals surface area contributed by atoms with Crippen molar-refractivity contribution in [1.82, 2.24) is 4.31 Å². The van der Waals surface area contributed by atoms with Crippen LogP contribution in [-0.2, 0) is 26.0 Å². The van der Waals surface area contributed by atoms with Gasteiger partial charge < -0.3 is 15.2 Å². The van der Waals surface area contributed by atoms with Gasteiger partial charge in [-0.05, 0) is 30.5 Å². The molecule has 2 N–H and O–H groups in total. The summed E-state index contributed by atoms with van der Waals surface area (Å²) in [7, 11) is -1.37. The maximum atomic E-state index is 12.6. The summed E-state index contributed by atoms with van der Waals surface area (Å²) in [6.45, 7) is 0.0859. The smallest absolute Gasteiger partial charge is 0.321 e. The second-order valence-corrected chi connectivity index (χ2v) is 6.81. The molecule has 8 heteroatoms. The number of anilines is 1. The van der Waals surface area contributed by atoms with E-state index in [1.807, 2.05) is 0 Å². The highest BCUT2D eigenvalue weighted by molar-refractivity contribution is 7.89. The van der Waals surface area contributed by atoms with E-state index in [0.717, 1.165) is 16.3 Å². The molecule has 0 spiro atoms. The highest BCUT2D eigenvalue weighted by Gasteiger charge is 2.29. The third-order valence-corrected chi connectivity index (χ3v) is 5.07. The number of carbonyl (C=O) groups excluding carboxylic acids is 1. The second kappa shape index (κ2) is 5.90. The number of aryl methyl sites for hydroxylation is 1. The van der Waals surface area contributed by atoms with Crippen LogP contribution in [-0.4, -0.2) is 46.0 Å². The van der Waals surface area contributed by atoms with Gasteiger partial charge in [0.2, 0.25) is 10.0 Å². The van der Waals surface area contributed by atoms with Gasteiger partial charge in [0.15, 0.2) is 0 Å². The molecular weight excluding hydrogens is 296 g/mol. The van der Waals surface area contributed by atoms with Gasteiger partial charge >= 0.3 is 5.97 Å². The summed E-state index contributed by atoms with van der Waals surface area (Å²) < 4.78 is 36.1. The number of hydrogen-bond donors (Lipinski definition) is 1. The quantitative estimate of drug-likeness (QED) is 0.637. The summed E-state index contributed by atoms with van der Waals surface area (Å²) in [6, 6.07) is 3.07. The molecule has 1 aromatic carbocycles. The Morgan fingerprint density at radius 1 is 1.48 bits per heavy atom. The summed E-state index contributed by atoms with van der Waals surface area (Å²) in [5.74, 6) is -0.313. The van der Waals surface area contributed by atoms with Gasteiger partial charge in [-0.3, -0.25) is 4.79 Å². The zero-order valence-electron chi connectivity index (χ0n) is 12.0. The number of likely N-dealkylation sites (N-methyl/N-ethyl adjacent to an activating group) is 1. The average molecular weight is 314 g/mol. The van der Waals surface area contributed by atoms with Gasteiger partial charge in [-0.15, -0.1) is 0 Å². The van der Waals surface area contributed by atoms with Crippen molar-refractivity contribution in [2.45, 2.75) is 17.7 Å². The molecule has 116 valence electrons. The molecule has 0 saturated carbocycles. The molecular formula is C13H18N2O5S. The van der Waals surface area contributed by atoms with Crippen molar-refractivity contribution in [2.24, 2.45) is 0 Å². The maximum absolute atomic E-state index is 12.6. The number of nitrogen functional groups attached to an aromatic ring is 1. The van der Waals surface area contributed by atoms with Crippen LogP contribution in [0.15, 0.2) is 17.0 Å². The normalized spacial score (nSPS) is 14.4. The van der Waals surface area contributed by atoms with Gasteiger partial charge in [-0.2, -0.15) is 4.31 Å². The van der Waals surface area contributed by atoms with E-state index in [4.69, 9.17) is 10.5 Å². The molecule has 0 radical (unpaired) electrons. The number of rotatable bonds is 4. The Bertz CT molecular complexity index is 657. The van der Waals surface area contributed by atoms with E-state index in [1.165, 1.54) is 20.2 Å². The van der Waals surface area contributed by atoms with Gasteiger partial charge in [0.05, 0.1) is 13.7 Å². The standard InChI is InChI=1S/C13H18N2O5S/c1-15(8-12(16)19-2)21(17,18)11-7-10(14)6-9-4-3-5-20-13(9)11/h6-7H,3-5,8,14H2,1-2H3. The predicted octanol–water partition coefficient (Wildman–Crippen LogP) is 0.387. The van der Waals surface area contributed by atoms with Gasteiger partial charge in [0.25, 0.3) is 0 Å². The van der Waals surface area contributed by atoms with Crippen LogP contribution in [0.2, 0.25) is 0 Å². The minimum absolute atomic E-state index is 0.0106. The lowest BCUT2D eigenvalue weighted by Gasteiger charge is -2.23. The molecule has 0 atom stereocenters. The first kappa shape index (κ1) is 15.6. The number of ether oxygens (including phenoxy) is 2. The van der Waals surface area contributed by atoms with E-state index in [9.17, 15) is 13.2 Å². The van der Waals surface area contributed by atoms with Crippen molar-refractivity contribution < 1.29 is 22.7 Å². The zero-order valence-corrected chi connectivity index (χ0v) is 12.8. The van der Waals surface area contributed by atoms with Gasteiger partial charge in [-0.1, -0.05) is 0 Å². The van der Waals surface area contributed by atoms with Crippen molar-refractivity contribution in [3.05, 3.63) is 17.7 Å². The fraction of sp³-hybridized carbons (Fsp3) is 0.462. The fourth-order valence-electron chi connectivity index (χ4n) is 2.16. The first-order valence-corrected chi connectivity index (χ1v) is 7.88. The molecule has 21 heavy (non-hydrogen) atoms. The maximum Gasteiger partial charge on any atom is 0.321 e. The molecule has 7 nitrogen and oxygen atoms in total. The SMILES string of the molecule is COC(=O)CN(C)S(=O)(=O)c1cc(N)cc2c1OCCC2. The Balaban J connectivity index is 2.44. The van der Waals surface area contributed by atoms with Crippen molar-refractivity contribution in [1.29, 1.82) is 0 Å². The Morgan fingerprint density at radius 2 is 2.19 bits per heavy atom. The van der Waals surface area contributed by atoms with Gasteiger partial charge in [0, 0.05) is 12.7 Å². The lowest BCUT2D eigenvalue weighted by molar-refractivity contribution is -0.140. The van der Waals surface area contributed by atoms with Crippen LogP contribution in [0.5, 0.6) is 5.75 Å². The lowest BCUT2D eigenvalue weighted by atomic mass is 10.1. The summed E-state index contributed by atoms with van der Waals surface area (Å²) >= 11 is 0. The minimum Gasteiger partial charge on any atom is -0.492 e. The van der Waals surface area contributed by atoms with E-state index in [0.29, 0.717) is 24.5 Å². The molecule has 2 rings (SSSR count). The largest absolute Gasteiger partial charge is 0.492 e. The number of nitrogens with two attached hydrogens (primary N) is 1. The highest BCUT2D eigenvalue weighted by Crippen LogP contribution is 2.35. The van der Waals surface area contributed by atoms with Crippen LogP contribution in [0, 0.1) is 0 Å². The monoisotopic (exact) mass is 314 g/mol. The van der Waals surface area contributed by atoms with Crippen LogP contribution in [0.3, 0.4) is 0 Å². The van der Waals surface area contributed by atoms with Crippen LogP contribution >= 0.6 is 0 Å². The Hall–Kier alpha value is -1.80. The van der Waals surface area contributed by atoms with Crippen molar-refractivity contribution >= 4 is 21.7 Å². The average Bonchev–Trinajstić information content (AvgIpc) is 2.45. The van der Waals surface area contributed by atoms with E-state index < -0.39 is 16.0 Å². The number of benzene rings is 1.